The van der Waals surface area contributed by atoms with Gasteiger partial charge in [0.1, 0.15) is 11.6 Å². The second-order valence-electron chi connectivity index (χ2n) is 12.3. The van der Waals surface area contributed by atoms with Gasteiger partial charge in [0.05, 0.1) is 49.3 Å². The maximum Gasteiger partial charge on any atom is 0.324 e. The topological polar surface area (TPSA) is 106 Å². The highest BCUT2D eigenvalue weighted by Crippen LogP contribution is 2.38. The van der Waals surface area contributed by atoms with Crippen LogP contribution in [0.5, 0.6) is 5.75 Å². The highest BCUT2D eigenvalue weighted by molar-refractivity contribution is 6.10. The molecule has 0 radical (unpaired) electrons. The third kappa shape index (κ3) is 6.67. The summed E-state index contributed by atoms with van der Waals surface area (Å²) in [7, 11) is 1.68. The van der Waals surface area contributed by atoms with Crippen LogP contribution in [0.15, 0.2) is 73.1 Å². The predicted octanol–water partition coefficient (Wildman–Crippen LogP) is 6.57. The van der Waals surface area contributed by atoms with Crippen molar-refractivity contribution in [3.63, 3.8) is 0 Å². The summed E-state index contributed by atoms with van der Waals surface area (Å²) in [6.45, 7) is 12.2. The number of hydrogen-bond acceptors (Lipinski definition) is 7. The second-order valence-corrected chi connectivity index (χ2v) is 12.3. The van der Waals surface area contributed by atoms with Crippen molar-refractivity contribution in [1.29, 1.82) is 0 Å². The lowest BCUT2D eigenvalue weighted by atomic mass is 9.92. The second kappa shape index (κ2) is 12.7. The van der Waals surface area contributed by atoms with Gasteiger partial charge >= 0.3 is 6.03 Å². The molecule has 0 aliphatic carbocycles. The summed E-state index contributed by atoms with van der Waals surface area (Å²) in [5.74, 6) is 1.31. The average molecular weight is 606 g/mol. The number of urea groups is 1. The number of nitrogens with one attached hydrogen (secondary N) is 2. The highest BCUT2D eigenvalue weighted by atomic mass is 16.5. The van der Waals surface area contributed by atoms with E-state index in [1.807, 2.05) is 73.8 Å². The zero-order chi connectivity index (χ0) is 31.6. The first-order chi connectivity index (χ1) is 21.7. The third-order valence-electron chi connectivity index (χ3n) is 7.95. The van der Waals surface area contributed by atoms with E-state index in [2.05, 4.69) is 41.3 Å². The summed E-state index contributed by atoms with van der Waals surface area (Å²) < 4.78 is 13.0. The fourth-order valence-corrected chi connectivity index (χ4v) is 5.46. The smallest absolute Gasteiger partial charge is 0.324 e. The molecule has 0 atom stereocenters. The standard InChI is InChI=1S/C35H39N7O3/c1-23-10-11-25(20-36-23)42-33(19-32(40-42)35(2,3)4)39-34(43)38-30-13-12-27(26-8-6-7-9-28(26)30)29-21-37-24(18-31(29)44-5)22-41-14-16-45-17-15-41/h6-13,18-21H,14-17,22H2,1-5H3,(H2,38,39,43). The molecule has 1 aliphatic rings. The molecule has 0 unspecified atom stereocenters. The molecule has 45 heavy (non-hydrogen) atoms. The molecule has 0 saturated carbocycles. The average Bonchev–Trinajstić information content (AvgIpc) is 3.46. The van der Waals surface area contributed by atoms with Gasteiger partial charge in [-0.15, -0.1) is 0 Å². The van der Waals surface area contributed by atoms with E-state index < -0.39 is 0 Å². The summed E-state index contributed by atoms with van der Waals surface area (Å²) in [6, 6.07) is 19.3. The lowest BCUT2D eigenvalue weighted by Gasteiger charge is -2.26. The number of morpholine rings is 1. The Hall–Kier alpha value is -4.80. The molecule has 1 aliphatic heterocycles. The summed E-state index contributed by atoms with van der Waals surface area (Å²) in [4.78, 5) is 25.0. The Morgan fingerprint density at radius 2 is 1.71 bits per heavy atom. The van der Waals surface area contributed by atoms with Crippen LogP contribution in [0.2, 0.25) is 0 Å². The van der Waals surface area contributed by atoms with Gasteiger partial charge in [-0.05, 0) is 36.1 Å². The number of anilines is 2. The van der Waals surface area contributed by atoms with Gasteiger partial charge in [-0.1, -0.05) is 51.1 Å². The number of aromatic nitrogens is 4. The van der Waals surface area contributed by atoms with Crippen LogP contribution < -0.4 is 15.4 Å². The molecule has 2 amide bonds. The van der Waals surface area contributed by atoms with Gasteiger partial charge < -0.3 is 14.8 Å². The zero-order valence-corrected chi connectivity index (χ0v) is 26.4. The van der Waals surface area contributed by atoms with E-state index in [1.165, 1.54) is 0 Å². The van der Waals surface area contributed by atoms with E-state index in [1.54, 1.807) is 18.0 Å². The van der Waals surface area contributed by atoms with Crippen molar-refractivity contribution < 1.29 is 14.3 Å². The van der Waals surface area contributed by atoms with Gasteiger partial charge in [0.2, 0.25) is 0 Å². The van der Waals surface area contributed by atoms with Gasteiger partial charge in [-0.2, -0.15) is 5.10 Å². The number of amides is 2. The number of pyridine rings is 2. The number of carbonyl (C=O) groups is 1. The summed E-state index contributed by atoms with van der Waals surface area (Å²) in [6.07, 6.45) is 3.63. The Morgan fingerprint density at radius 3 is 2.42 bits per heavy atom. The number of fused-ring (bicyclic) bond motifs is 1. The van der Waals surface area contributed by atoms with E-state index in [9.17, 15) is 4.79 Å². The molecule has 5 aromatic rings. The number of rotatable bonds is 7. The van der Waals surface area contributed by atoms with Crippen molar-refractivity contribution in [3.05, 3.63) is 90.1 Å². The monoisotopic (exact) mass is 605 g/mol. The minimum absolute atomic E-state index is 0.209. The Labute approximate surface area is 263 Å². The van der Waals surface area contributed by atoms with Crippen molar-refractivity contribution in [2.24, 2.45) is 0 Å². The number of benzene rings is 2. The Kier molecular flexibility index (Phi) is 8.51. The molecule has 3 aromatic heterocycles. The highest BCUT2D eigenvalue weighted by Gasteiger charge is 2.22. The first-order valence-corrected chi connectivity index (χ1v) is 15.2. The summed E-state index contributed by atoms with van der Waals surface area (Å²) >= 11 is 0. The lowest BCUT2D eigenvalue weighted by Crippen LogP contribution is -2.35. The minimum Gasteiger partial charge on any atom is -0.496 e. The largest absolute Gasteiger partial charge is 0.496 e. The van der Waals surface area contributed by atoms with E-state index in [0.717, 1.165) is 83.3 Å². The van der Waals surface area contributed by atoms with Crippen molar-refractivity contribution in [2.75, 3.05) is 44.0 Å². The van der Waals surface area contributed by atoms with Crippen LogP contribution in [-0.4, -0.2) is 64.1 Å². The number of carbonyl (C=O) groups excluding carboxylic acids is 1. The van der Waals surface area contributed by atoms with E-state index in [-0.39, 0.29) is 11.4 Å². The lowest BCUT2D eigenvalue weighted by molar-refractivity contribution is 0.0336. The number of ether oxygens (including phenoxy) is 2. The van der Waals surface area contributed by atoms with Gasteiger partial charge in [-0.25, -0.2) is 9.48 Å². The van der Waals surface area contributed by atoms with Crippen molar-refractivity contribution in [3.8, 4) is 22.6 Å². The molecule has 6 rings (SSSR count). The fraction of sp³-hybridized carbons (Fsp3) is 0.314. The molecule has 1 fully saturated rings. The first-order valence-electron chi connectivity index (χ1n) is 15.2. The SMILES string of the molecule is COc1cc(CN2CCOCC2)ncc1-c1ccc(NC(=O)Nc2cc(C(C)(C)C)nn2-c2ccc(C)nc2)c2ccccc12. The Bertz CT molecular complexity index is 1820. The van der Waals surface area contributed by atoms with Crippen LogP contribution >= 0.6 is 0 Å². The van der Waals surface area contributed by atoms with Crippen LogP contribution in [0.1, 0.15) is 37.9 Å². The molecule has 0 bridgehead atoms. The number of nitrogens with zero attached hydrogens (tertiary/aromatic N) is 5. The number of hydrogen-bond donors (Lipinski definition) is 2. The van der Waals surface area contributed by atoms with Crippen LogP contribution in [0, 0.1) is 6.92 Å². The molecule has 2 aromatic carbocycles. The fourth-order valence-electron chi connectivity index (χ4n) is 5.46. The molecule has 10 heteroatoms. The molecule has 10 nitrogen and oxygen atoms in total. The molecule has 2 N–H and O–H groups in total. The minimum atomic E-state index is -0.374. The summed E-state index contributed by atoms with van der Waals surface area (Å²) in [5.41, 5.74) is 5.81. The maximum atomic E-state index is 13.5. The van der Waals surface area contributed by atoms with E-state index in [4.69, 9.17) is 19.6 Å². The van der Waals surface area contributed by atoms with Crippen molar-refractivity contribution in [2.45, 2.75) is 39.7 Å². The van der Waals surface area contributed by atoms with Crippen molar-refractivity contribution >= 4 is 28.3 Å². The number of aryl methyl sites for hydroxylation is 1. The Morgan fingerprint density at radius 1 is 0.933 bits per heavy atom. The van der Waals surface area contributed by atoms with Crippen LogP contribution in [0.4, 0.5) is 16.3 Å². The van der Waals surface area contributed by atoms with E-state index >= 15 is 0 Å². The molecular formula is C35H39N7O3. The van der Waals surface area contributed by atoms with Gasteiger partial charge in [0.15, 0.2) is 0 Å². The first kappa shape index (κ1) is 30.2. The normalized spacial score (nSPS) is 14.0. The van der Waals surface area contributed by atoms with Crippen LogP contribution in [0.3, 0.4) is 0 Å². The van der Waals surface area contributed by atoms with Gasteiger partial charge in [0.25, 0.3) is 0 Å². The third-order valence-corrected chi connectivity index (χ3v) is 7.95. The summed E-state index contributed by atoms with van der Waals surface area (Å²) in [5, 5.41) is 12.7. The number of methoxy groups -OCH3 is 1. The van der Waals surface area contributed by atoms with Crippen LogP contribution in [-0.2, 0) is 16.7 Å². The van der Waals surface area contributed by atoms with Gasteiger partial charge in [-0.3, -0.25) is 20.2 Å². The van der Waals surface area contributed by atoms with Crippen molar-refractivity contribution in [1.82, 2.24) is 24.6 Å². The van der Waals surface area contributed by atoms with Crippen LogP contribution in [0.25, 0.3) is 27.6 Å². The zero-order valence-electron chi connectivity index (χ0n) is 26.4. The Balaban J connectivity index is 1.28. The van der Waals surface area contributed by atoms with Gasteiger partial charge in [0, 0.05) is 60.0 Å². The molecule has 0 spiro atoms. The molecule has 232 valence electrons. The quantitative estimate of drug-likeness (QED) is 0.216. The predicted molar refractivity (Wildman–Crippen MR) is 177 cm³/mol. The van der Waals surface area contributed by atoms with E-state index in [0.29, 0.717) is 11.5 Å². The maximum absolute atomic E-state index is 13.5. The molecular weight excluding hydrogens is 566 g/mol. The molecule has 4 heterocycles. The molecule has 1 saturated heterocycles.